The third-order valence-electron chi connectivity index (χ3n) is 3.57. The molecule has 0 saturated carbocycles. The maximum Gasteiger partial charge on any atom is 0.0763 e. The molecular weight excluding hydrogens is 256 g/mol. The Bertz CT molecular complexity index is 753. The van der Waals surface area contributed by atoms with Gasteiger partial charge in [0.1, 0.15) is 0 Å². The third kappa shape index (κ3) is 2.79. The van der Waals surface area contributed by atoms with Crippen LogP contribution in [-0.4, -0.2) is 9.78 Å². The highest BCUT2D eigenvalue weighted by atomic mass is 15.3. The summed E-state index contributed by atoms with van der Waals surface area (Å²) in [6, 6.07) is 20.8. The lowest BCUT2D eigenvalue weighted by molar-refractivity contribution is 0.942. The van der Waals surface area contributed by atoms with E-state index in [0.29, 0.717) is 0 Å². The van der Waals surface area contributed by atoms with Crippen LogP contribution in [0.4, 0.5) is 0 Å². The average molecular weight is 274 g/mol. The van der Waals surface area contributed by atoms with Crippen molar-refractivity contribution in [3.63, 3.8) is 0 Å². The molecule has 0 N–H and O–H groups in total. The summed E-state index contributed by atoms with van der Waals surface area (Å²) < 4.78 is 1.97. The Labute approximate surface area is 125 Å². The molecule has 0 aliphatic heterocycles. The zero-order valence-electron chi connectivity index (χ0n) is 12.3. The molecule has 0 fully saturated rings. The zero-order valence-corrected chi connectivity index (χ0v) is 12.3. The Morgan fingerprint density at radius 3 is 2.24 bits per heavy atom. The van der Waals surface area contributed by atoms with Gasteiger partial charge in [0.15, 0.2) is 0 Å². The number of aromatic nitrogens is 2. The second-order valence-electron chi connectivity index (χ2n) is 5.16. The van der Waals surface area contributed by atoms with Crippen LogP contribution in [0.1, 0.15) is 18.1 Å². The van der Waals surface area contributed by atoms with Crippen molar-refractivity contribution in [3.05, 3.63) is 78.0 Å². The molecule has 0 saturated heterocycles. The SMILES string of the molecule is C/C(=C/n1ncc(C)c1-c1ccccc1)c1ccccc1. The van der Waals surface area contributed by atoms with Crippen LogP contribution < -0.4 is 0 Å². The number of nitrogens with zero attached hydrogens (tertiary/aromatic N) is 2. The predicted molar refractivity (Wildman–Crippen MR) is 88.7 cm³/mol. The minimum atomic E-state index is 1.14. The van der Waals surface area contributed by atoms with E-state index in [1.165, 1.54) is 22.3 Å². The first-order chi connectivity index (χ1) is 10.3. The zero-order chi connectivity index (χ0) is 14.7. The molecule has 3 aromatic rings. The standard InChI is InChI=1S/C19H18N2/c1-15-13-20-21(19(15)18-11-7-4-8-12-18)14-16(2)17-9-5-3-6-10-17/h3-14H,1-2H3/b16-14-. The second kappa shape index (κ2) is 5.80. The number of benzene rings is 2. The van der Waals surface area contributed by atoms with Crippen LogP contribution >= 0.6 is 0 Å². The molecule has 3 rings (SSSR count). The van der Waals surface area contributed by atoms with Crippen molar-refractivity contribution >= 4 is 11.8 Å². The fourth-order valence-corrected chi connectivity index (χ4v) is 2.46. The first-order valence-electron chi connectivity index (χ1n) is 7.09. The largest absolute Gasteiger partial charge is 0.240 e. The highest BCUT2D eigenvalue weighted by molar-refractivity contribution is 5.76. The summed E-state index contributed by atoms with van der Waals surface area (Å²) in [5, 5.41) is 4.50. The van der Waals surface area contributed by atoms with E-state index in [4.69, 9.17) is 0 Å². The minimum absolute atomic E-state index is 1.14. The summed E-state index contributed by atoms with van der Waals surface area (Å²) in [6.45, 7) is 4.21. The molecule has 21 heavy (non-hydrogen) atoms. The first-order valence-corrected chi connectivity index (χ1v) is 7.09. The molecule has 0 bridgehead atoms. The molecule has 2 heteroatoms. The maximum atomic E-state index is 4.50. The van der Waals surface area contributed by atoms with E-state index in [-0.39, 0.29) is 0 Å². The van der Waals surface area contributed by atoms with E-state index in [1.54, 1.807) is 0 Å². The number of hydrogen-bond acceptors (Lipinski definition) is 1. The second-order valence-corrected chi connectivity index (χ2v) is 5.16. The molecule has 2 aromatic carbocycles. The van der Waals surface area contributed by atoms with Crippen molar-refractivity contribution in [2.45, 2.75) is 13.8 Å². The lowest BCUT2D eigenvalue weighted by Crippen LogP contribution is -1.95. The number of rotatable bonds is 3. The molecule has 0 unspecified atom stereocenters. The fraction of sp³-hybridized carbons (Fsp3) is 0.105. The lowest BCUT2D eigenvalue weighted by atomic mass is 10.1. The van der Waals surface area contributed by atoms with Crippen LogP contribution in [-0.2, 0) is 0 Å². The smallest absolute Gasteiger partial charge is 0.0763 e. The predicted octanol–water partition coefficient (Wildman–Crippen LogP) is 4.88. The van der Waals surface area contributed by atoms with Gasteiger partial charge in [-0.15, -0.1) is 0 Å². The van der Waals surface area contributed by atoms with Crippen LogP contribution in [0, 0.1) is 6.92 Å². The Morgan fingerprint density at radius 2 is 1.57 bits per heavy atom. The van der Waals surface area contributed by atoms with Crippen molar-refractivity contribution in [2.24, 2.45) is 0 Å². The van der Waals surface area contributed by atoms with E-state index in [1.807, 2.05) is 23.0 Å². The Hall–Kier alpha value is -2.61. The van der Waals surface area contributed by atoms with E-state index in [0.717, 1.165) is 5.69 Å². The van der Waals surface area contributed by atoms with Crippen molar-refractivity contribution in [3.8, 4) is 11.3 Å². The molecular formula is C19H18N2. The minimum Gasteiger partial charge on any atom is -0.240 e. The van der Waals surface area contributed by atoms with Gasteiger partial charge in [-0.1, -0.05) is 60.7 Å². The van der Waals surface area contributed by atoms with Gasteiger partial charge in [0.25, 0.3) is 0 Å². The van der Waals surface area contributed by atoms with Crippen molar-refractivity contribution in [1.29, 1.82) is 0 Å². The van der Waals surface area contributed by atoms with Gasteiger partial charge in [-0.3, -0.25) is 0 Å². The topological polar surface area (TPSA) is 17.8 Å². The highest BCUT2D eigenvalue weighted by Gasteiger charge is 2.08. The molecule has 0 aliphatic carbocycles. The summed E-state index contributed by atoms with van der Waals surface area (Å²) in [6.07, 6.45) is 4.00. The third-order valence-corrected chi connectivity index (χ3v) is 3.57. The van der Waals surface area contributed by atoms with E-state index in [9.17, 15) is 0 Å². The van der Waals surface area contributed by atoms with Crippen molar-refractivity contribution < 1.29 is 0 Å². The Balaban J connectivity index is 2.05. The monoisotopic (exact) mass is 274 g/mol. The molecule has 104 valence electrons. The van der Waals surface area contributed by atoms with Gasteiger partial charge in [-0.25, -0.2) is 4.68 Å². The first kappa shape index (κ1) is 13.4. The molecule has 0 spiro atoms. The summed E-state index contributed by atoms with van der Waals surface area (Å²) in [4.78, 5) is 0. The summed E-state index contributed by atoms with van der Waals surface area (Å²) >= 11 is 0. The van der Waals surface area contributed by atoms with Crippen molar-refractivity contribution in [2.75, 3.05) is 0 Å². The van der Waals surface area contributed by atoms with Gasteiger partial charge >= 0.3 is 0 Å². The Kier molecular flexibility index (Phi) is 3.69. The normalized spacial score (nSPS) is 11.6. The van der Waals surface area contributed by atoms with Crippen LogP contribution in [0.2, 0.25) is 0 Å². The van der Waals surface area contributed by atoms with Gasteiger partial charge in [-0.2, -0.15) is 5.10 Å². The van der Waals surface area contributed by atoms with Crippen LogP contribution in [0.5, 0.6) is 0 Å². The number of hydrogen-bond donors (Lipinski definition) is 0. The molecule has 0 radical (unpaired) electrons. The van der Waals surface area contributed by atoms with Gasteiger partial charge < -0.3 is 0 Å². The van der Waals surface area contributed by atoms with Crippen LogP contribution in [0.25, 0.3) is 23.0 Å². The summed E-state index contributed by atoms with van der Waals surface area (Å²) in [5.74, 6) is 0. The average Bonchev–Trinajstić information content (AvgIpc) is 2.89. The van der Waals surface area contributed by atoms with Gasteiger partial charge in [-0.05, 0) is 30.5 Å². The summed E-state index contributed by atoms with van der Waals surface area (Å²) in [7, 11) is 0. The maximum absolute atomic E-state index is 4.50. The molecule has 2 nitrogen and oxygen atoms in total. The van der Waals surface area contributed by atoms with Crippen LogP contribution in [0.15, 0.2) is 66.9 Å². The molecule has 0 atom stereocenters. The molecule has 1 aromatic heterocycles. The molecule has 0 aliphatic rings. The lowest BCUT2D eigenvalue weighted by Gasteiger charge is -2.07. The van der Waals surface area contributed by atoms with E-state index < -0.39 is 0 Å². The van der Waals surface area contributed by atoms with Gasteiger partial charge in [0, 0.05) is 11.8 Å². The quantitative estimate of drug-likeness (QED) is 0.665. The van der Waals surface area contributed by atoms with Gasteiger partial charge in [0.05, 0.1) is 11.9 Å². The number of allylic oxidation sites excluding steroid dienone is 1. The highest BCUT2D eigenvalue weighted by Crippen LogP contribution is 2.24. The molecule has 1 heterocycles. The summed E-state index contributed by atoms with van der Waals surface area (Å²) in [5.41, 5.74) is 5.91. The van der Waals surface area contributed by atoms with Crippen LogP contribution in [0.3, 0.4) is 0 Å². The molecule has 0 amide bonds. The fourth-order valence-electron chi connectivity index (χ4n) is 2.46. The van der Waals surface area contributed by atoms with E-state index >= 15 is 0 Å². The van der Waals surface area contributed by atoms with Crippen molar-refractivity contribution in [1.82, 2.24) is 9.78 Å². The Morgan fingerprint density at radius 1 is 0.952 bits per heavy atom. The van der Waals surface area contributed by atoms with Gasteiger partial charge in [0.2, 0.25) is 0 Å². The number of aryl methyl sites for hydroxylation is 1. The van der Waals surface area contributed by atoms with E-state index in [2.05, 4.69) is 73.7 Å².